The van der Waals surface area contributed by atoms with E-state index >= 15 is 0 Å². The van der Waals surface area contributed by atoms with Gasteiger partial charge in [0.15, 0.2) is 17.3 Å². The highest BCUT2D eigenvalue weighted by Gasteiger charge is 2.21. The molecule has 0 spiro atoms. The summed E-state index contributed by atoms with van der Waals surface area (Å²) in [6, 6.07) is 13.6. The van der Waals surface area contributed by atoms with Crippen molar-refractivity contribution in [1.82, 2.24) is 30.1 Å². The summed E-state index contributed by atoms with van der Waals surface area (Å²) in [5, 5.41) is 13.4. The molecule has 1 fully saturated rings. The van der Waals surface area contributed by atoms with Crippen LogP contribution in [0.4, 0.5) is 0 Å². The molecule has 11 heteroatoms. The van der Waals surface area contributed by atoms with Gasteiger partial charge in [0.05, 0.1) is 40.0 Å². The van der Waals surface area contributed by atoms with Crippen LogP contribution < -0.4 is 19.8 Å². The molecule has 4 aromatic rings. The molecule has 1 aliphatic heterocycles. The van der Waals surface area contributed by atoms with Crippen LogP contribution in [0.5, 0.6) is 17.2 Å². The zero-order chi connectivity index (χ0) is 27.9. The van der Waals surface area contributed by atoms with Crippen molar-refractivity contribution in [3.63, 3.8) is 0 Å². The molecule has 1 aliphatic rings. The minimum Gasteiger partial charge on any atom is -0.494 e. The first kappa shape index (κ1) is 27.6. The van der Waals surface area contributed by atoms with Gasteiger partial charge in [-0.2, -0.15) is 0 Å². The molecule has 2 aromatic heterocycles. The number of hydrogen-bond acceptors (Lipinski definition) is 9. The first-order valence-electron chi connectivity index (χ1n) is 13.6. The summed E-state index contributed by atoms with van der Waals surface area (Å²) in [5.41, 5.74) is 2.41. The van der Waals surface area contributed by atoms with Gasteiger partial charge in [-0.1, -0.05) is 6.07 Å². The van der Waals surface area contributed by atoms with Crippen molar-refractivity contribution in [1.29, 1.82) is 0 Å². The van der Waals surface area contributed by atoms with Crippen molar-refractivity contribution in [2.24, 2.45) is 0 Å². The van der Waals surface area contributed by atoms with Crippen LogP contribution >= 0.6 is 0 Å². The molecular weight excluding hydrogens is 512 g/mol. The lowest BCUT2D eigenvalue weighted by Gasteiger charge is -2.22. The zero-order valence-electron chi connectivity index (χ0n) is 23.3. The lowest BCUT2D eigenvalue weighted by Crippen LogP contribution is -2.30. The quantitative estimate of drug-likeness (QED) is 0.268. The molecule has 2 aromatic carbocycles. The highest BCUT2D eigenvalue weighted by atomic mass is 16.5. The van der Waals surface area contributed by atoms with Gasteiger partial charge in [0, 0.05) is 36.2 Å². The predicted molar refractivity (Wildman–Crippen MR) is 150 cm³/mol. The first-order valence-corrected chi connectivity index (χ1v) is 13.6. The third kappa shape index (κ3) is 6.60. The third-order valence-electron chi connectivity index (χ3n) is 7.13. The van der Waals surface area contributed by atoms with E-state index < -0.39 is 0 Å². The molecule has 0 saturated carbocycles. The summed E-state index contributed by atoms with van der Waals surface area (Å²) < 4.78 is 24.2. The summed E-state index contributed by atoms with van der Waals surface area (Å²) in [6.07, 6.45) is 2.90. The number of ether oxygens (including phenoxy) is 4. The maximum absolute atomic E-state index is 13.1. The lowest BCUT2D eigenvalue weighted by atomic mass is 10.1. The molecule has 3 heterocycles. The molecule has 0 unspecified atom stereocenters. The molecule has 5 rings (SSSR count). The molecule has 11 nitrogen and oxygen atoms in total. The van der Waals surface area contributed by atoms with Crippen molar-refractivity contribution < 1.29 is 18.9 Å². The van der Waals surface area contributed by atoms with Gasteiger partial charge < -0.3 is 23.9 Å². The van der Waals surface area contributed by atoms with Gasteiger partial charge in [-0.15, -0.1) is 5.10 Å². The summed E-state index contributed by atoms with van der Waals surface area (Å²) in [7, 11) is 3.25. The molecule has 212 valence electrons. The normalized spacial score (nSPS) is 15.2. The van der Waals surface area contributed by atoms with Crippen molar-refractivity contribution in [3.8, 4) is 17.2 Å². The standard InChI is InChI=1S/C29H36N6O5/c1-4-39-23-8-9-25-21(16-23)15-22(29(36)30-25)17-34(12-11-20-7-10-26(37-2)27(14-20)38-3)19-28-31-32-33-35(28)18-24-6-5-13-40-24/h7-10,14-16,24H,4-6,11-13,17-19H2,1-3H3,(H,30,36)/t24-/m0/s1. The average Bonchev–Trinajstić information content (AvgIpc) is 3.64. The molecule has 1 atom stereocenters. The van der Waals surface area contributed by atoms with Gasteiger partial charge in [-0.05, 0) is 78.6 Å². The van der Waals surface area contributed by atoms with E-state index in [9.17, 15) is 4.79 Å². The number of nitrogens with zero attached hydrogens (tertiary/aromatic N) is 5. The third-order valence-corrected chi connectivity index (χ3v) is 7.13. The molecule has 0 radical (unpaired) electrons. The Kier molecular flexibility index (Phi) is 8.92. The van der Waals surface area contributed by atoms with E-state index in [1.807, 2.05) is 54.1 Å². The molecule has 1 N–H and O–H groups in total. The minimum absolute atomic E-state index is 0.116. The SMILES string of the molecule is CCOc1ccc2[nH]c(=O)c(CN(CCc3ccc(OC)c(OC)c3)Cc3nnnn3C[C@@H]3CCCO3)cc2c1. The average molecular weight is 549 g/mol. The van der Waals surface area contributed by atoms with Crippen LogP contribution in [-0.2, 0) is 30.8 Å². The van der Waals surface area contributed by atoms with Crippen LogP contribution in [-0.4, -0.2) is 70.2 Å². The summed E-state index contributed by atoms with van der Waals surface area (Å²) in [5.74, 6) is 2.87. The zero-order valence-corrected chi connectivity index (χ0v) is 23.3. The number of aromatic amines is 1. The second-order valence-electron chi connectivity index (χ2n) is 9.87. The van der Waals surface area contributed by atoms with Crippen LogP contribution in [0.3, 0.4) is 0 Å². The van der Waals surface area contributed by atoms with E-state index in [1.54, 1.807) is 14.2 Å². The number of rotatable bonds is 13. The number of fused-ring (bicyclic) bond motifs is 1. The van der Waals surface area contributed by atoms with E-state index in [2.05, 4.69) is 25.4 Å². The van der Waals surface area contributed by atoms with Gasteiger partial charge in [0.2, 0.25) is 0 Å². The summed E-state index contributed by atoms with van der Waals surface area (Å²) in [6.45, 7) is 5.47. The Morgan fingerprint density at radius 1 is 1.10 bits per heavy atom. The summed E-state index contributed by atoms with van der Waals surface area (Å²) in [4.78, 5) is 18.3. The first-order chi connectivity index (χ1) is 19.6. The van der Waals surface area contributed by atoms with Gasteiger partial charge in [-0.25, -0.2) is 4.68 Å². The number of tetrazole rings is 1. The van der Waals surface area contributed by atoms with E-state index in [1.165, 1.54) is 0 Å². The fourth-order valence-electron chi connectivity index (χ4n) is 5.04. The van der Waals surface area contributed by atoms with Crippen molar-refractivity contribution >= 4 is 10.9 Å². The largest absolute Gasteiger partial charge is 0.494 e. The maximum atomic E-state index is 13.1. The highest BCUT2D eigenvalue weighted by Crippen LogP contribution is 2.28. The smallest absolute Gasteiger partial charge is 0.252 e. The Balaban J connectivity index is 1.40. The highest BCUT2D eigenvalue weighted by molar-refractivity contribution is 5.80. The molecule has 0 amide bonds. The molecule has 0 bridgehead atoms. The Morgan fingerprint density at radius 2 is 1.98 bits per heavy atom. The molecule has 1 saturated heterocycles. The van der Waals surface area contributed by atoms with Crippen LogP contribution in [0, 0.1) is 0 Å². The van der Waals surface area contributed by atoms with E-state index in [4.69, 9.17) is 18.9 Å². The maximum Gasteiger partial charge on any atom is 0.252 e. The van der Waals surface area contributed by atoms with Gasteiger partial charge in [-0.3, -0.25) is 9.69 Å². The van der Waals surface area contributed by atoms with Crippen molar-refractivity contribution in [3.05, 3.63) is 69.8 Å². The summed E-state index contributed by atoms with van der Waals surface area (Å²) >= 11 is 0. The fourth-order valence-corrected chi connectivity index (χ4v) is 5.04. The second-order valence-corrected chi connectivity index (χ2v) is 9.87. The van der Waals surface area contributed by atoms with Crippen LogP contribution in [0.1, 0.15) is 36.7 Å². The monoisotopic (exact) mass is 548 g/mol. The van der Waals surface area contributed by atoms with Gasteiger partial charge >= 0.3 is 0 Å². The Labute approximate surface area is 233 Å². The number of benzene rings is 2. The second kappa shape index (κ2) is 12.9. The van der Waals surface area contributed by atoms with Gasteiger partial charge in [0.25, 0.3) is 5.56 Å². The van der Waals surface area contributed by atoms with Crippen LogP contribution in [0.25, 0.3) is 10.9 Å². The van der Waals surface area contributed by atoms with E-state index in [-0.39, 0.29) is 11.7 Å². The van der Waals surface area contributed by atoms with E-state index in [0.717, 1.165) is 53.9 Å². The van der Waals surface area contributed by atoms with Gasteiger partial charge in [0.1, 0.15) is 5.75 Å². The molecule has 40 heavy (non-hydrogen) atoms. The predicted octanol–water partition coefficient (Wildman–Crippen LogP) is 3.35. The number of methoxy groups -OCH3 is 2. The van der Waals surface area contributed by atoms with Crippen molar-refractivity contribution in [2.45, 2.75) is 51.9 Å². The van der Waals surface area contributed by atoms with E-state index in [0.29, 0.717) is 49.8 Å². The van der Waals surface area contributed by atoms with Crippen LogP contribution in [0.15, 0.2) is 47.3 Å². The number of aromatic nitrogens is 5. The van der Waals surface area contributed by atoms with Crippen LogP contribution in [0.2, 0.25) is 0 Å². The van der Waals surface area contributed by atoms with Crippen molar-refractivity contribution in [2.75, 3.05) is 34.0 Å². The minimum atomic E-state index is -0.119. The molecular formula is C29H36N6O5. The number of H-pyrrole nitrogens is 1. The molecule has 0 aliphatic carbocycles. The topological polar surface area (TPSA) is 117 Å². The Morgan fingerprint density at radius 3 is 2.75 bits per heavy atom. The number of nitrogens with one attached hydrogen (secondary N) is 1. The lowest BCUT2D eigenvalue weighted by molar-refractivity contribution is 0.0916. The number of hydrogen-bond donors (Lipinski definition) is 1. The Bertz CT molecular complexity index is 1480. The fraction of sp³-hybridized carbons (Fsp3) is 0.448. The number of pyridine rings is 1. The Hall–Kier alpha value is -3.96.